The number of ketones is 1. The van der Waals surface area contributed by atoms with Crippen molar-refractivity contribution < 1.29 is 23.8 Å². The molecule has 0 unspecified atom stereocenters. The number of aromatic nitrogens is 2. The molecule has 7 heteroatoms. The summed E-state index contributed by atoms with van der Waals surface area (Å²) in [5, 5.41) is 8.87. The third-order valence-corrected chi connectivity index (χ3v) is 2.48. The quantitative estimate of drug-likeness (QED) is 0.816. The van der Waals surface area contributed by atoms with E-state index in [-0.39, 0.29) is 22.7 Å². The molecule has 0 aliphatic heterocycles. The minimum atomic E-state index is -1.31. The van der Waals surface area contributed by atoms with Gasteiger partial charge in [-0.25, -0.2) is 14.2 Å². The van der Waals surface area contributed by atoms with E-state index in [0.29, 0.717) is 0 Å². The number of carboxylic acids is 1. The van der Waals surface area contributed by atoms with Crippen molar-refractivity contribution in [2.45, 2.75) is 0 Å². The number of halogens is 1. The van der Waals surface area contributed by atoms with E-state index in [2.05, 4.69) is 9.97 Å². The molecule has 0 aliphatic rings. The summed E-state index contributed by atoms with van der Waals surface area (Å²) in [6, 6.07) is 3.60. The number of hydrogen-bond donors (Lipinski definition) is 2. The Labute approximate surface area is 106 Å². The lowest BCUT2D eigenvalue weighted by molar-refractivity contribution is 0.0687. The van der Waals surface area contributed by atoms with Crippen molar-refractivity contribution >= 4 is 11.8 Å². The van der Waals surface area contributed by atoms with Crippen molar-refractivity contribution in [2.75, 3.05) is 7.11 Å². The summed E-state index contributed by atoms with van der Waals surface area (Å²) in [5.74, 6) is -2.70. The van der Waals surface area contributed by atoms with Crippen LogP contribution in [0.5, 0.6) is 5.75 Å². The monoisotopic (exact) mass is 264 g/mol. The van der Waals surface area contributed by atoms with Gasteiger partial charge in [-0.2, -0.15) is 0 Å². The van der Waals surface area contributed by atoms with E-state index in [1.54, 1.807) is 0 Å². The lowest BCUT2D eigenvalue weighted by Gasteiger charge is -2.04. The second-order valence-corrected chi connectivity index (χ2v) is 3.61. The van der Waals surface area contributed by atoms with Gasteiger partial charge in [0.15, 0.2) is 17.3 Å². The van der Waals surface area contributed by atoms with Crippen LogP contribution < -0.4 is 4.74 Å². The molecule has 2 aromatic rings. The summed E-state index contributed by atoms with van der Waals surface area (Å²) in [5.41, 5.74) is -0.605. The van der Waals surface area contributed by atoms with Gasteiger partial charge < -0.3 is 14.8 Å². The minimum Gasteiger partial charge on any atom is -0.494 e. The van der Waals surface area contributed by atoms with Crippen LogP contribution in [0.25, 0.3) is 0 Å². The Morgan fingerprint density at radius 1 is 1.42 bits per heavy atom. The van der Waals surface area contributed by atoms with Crippen molar-refractivity contribution in [2.24, 2.45) is 0 Å². The zero-order valence-electron chi connectivity index (χ0n) is 9.81. The summed E-state index contributed by atoms with van der Waals surface area (Å²) in [7, 11) is 1.30. The predicted molar refractivity (Wildman–Crippen MR) is 61.9 cm³/mol. The number of aromatic amines is 1. The standard InChI is InChI=1S/C12H9FN2O4/c1-19-8-3-2-6(4-7(8)13)11(16)9-10(12(17)18)15-5-14-9/h2-5H,1H3,(H,14,15)(H,17,18). The summed E-state index contributed by atoms with van der Waals surface area (Å²) in [6.07, 6.45) is 1.09. The van der Waals surface area contributed by atoms with Crippen LogP contribution in [0.15, 0.2) is 24.5 Å². The van der Waals surface area contributed by atoms with Gasteiger partial charge in [-0.1, -0.05) is 0 Å². The SMILES string of the molecule is COc1ccc(C(=O)c2nc[nH]c2C(=O)O)cc1F. The van der Waals surface area contributed by atoms with Gasteiger partial charge in [0.25, 0.3) is 0 Å². The summed E-state index contributed by atoms with van der Waals surface area (Å²) < 4.78 is 18.2. The Morgan fingerprint density at radius 2 is 2.16 bits per heavy atom. The summed E-state index contributed by atoms with van der Waals surface area (Å²) in [4.78, 5) is 28.9. The van der Waals surface area contributed by atoms with Crippen molar-refractivity contribution in [3.8, 4) is 5.75 Å². The van der Waals surface area contributed by atoms with E-state index in [9.17, 15) is 14.0 Å². The van der Waals surface area contributed by atoms with Crippen LogP contribution in [0.3, 0.4) is 0 Å². The number of carbonyl (C=O) groups is 2. The second kappa shape index (κ2) is 4.89. The number of carboxylic acid groups (broad SMARTS) is 1. The third-order valence-electron chi connectivity index (χ3n) is 2.48. The average molecular weight is 264 g/mol. The molecule has 0 atom stereocenters. The van der Waals surface area contributed by atoms with Gasteiger partial charge in [0, 0.05) is 5.56 Å². The molecule has 1 aromatic carbocycles. The number of imidazole rings is 1. The number of methoxy groups -OCH3 is 1. The van der Waals surface area contributed by atoms with Crippen LogP contribution in [0.4, 0.5) is 4.39 Å². The van der Waals surface area contributed by atoms with E-state index in [4.69, 9.17) is 9.84 Å². The van der Waals surface area contributed by atoms with Crippen molar-refractivity contribution in [3.63, 3.8) is 0 Å². The maximum atomic E-state index is 13.5. The second-order valence-electron chi connectivity index (χ2n) is 3.61. The predicted octanol–water partition coefficient (Wildman–Crippen LogP) is 1.49. The first kappa shape index (κ1) is 12.7. The highest BCUT2D eigenvalue weighted by molar-refractivity contribution is 6.12. The highest BCUT2D eigenvalue weighted by Gasteiger charge is 2.21. The van der Waals surface area contributed by atoms with Gasteiger partial charge in [-0.15, -0.1) is 0 Å². The molecule has 0 aliphatic carbocycles. The topological polar surface area (TPSA) is 92.3 Å². The zero-order chi connectivity index (χ0) is 14.0. The van der Waals surface area contributed by atoms with E-state index in [1.807, 2.05) is 0 Å². The van der Waals surface area contributed by atoms with Gasteiger partial charge in [0.2, 0.25) is 5.78 Å². The number of aromatic carboxylic acids is 1. The largest absolute Gasteiger partial charge is 0.494 e. The fourth-order valence-corrected chi connectivity index (χ4v) is 1.57. The number of nitrogens with one attached hydrogen (secondary N) is 1. The molecule has 2 rings (SSSR count). The van der Waals surface area contributed by atoms with Gasteiger partial charge in [0.05, 0.1) is 13.4 Å². The van der Waals surface area contributed by atoms with Crippen molar-refractivity contribution in [1.82, 2.24) is 9.97 Å². The Balaban J connectivity index is 2.42. The number of nitrogens with zero attached hydrogens (tertiary/aromatic N) is 1. The van der Waals surface area contributed by atoms with Crippen LogP contribution in [-0.4, -0.2) is 33.9 Å². The number of H-pyrrole nitrogens is 1. The molecule has 2 N–H and O–H groups in total. The van der Waals surface area contributed by atoms with Crippen LogP contribution in [0.2, 0.25) is 0 Å². The highest BCUT2D eigenvalue weighted by atomic mass is 19.1. The van der Waals surface area contributed by atoms with Crippen LogP contribution >= 0.6 is 0 Å². The minimum absolute atomic E-state index is 0.00274. The molecule has 19 heavy (non-hydrogen) atoms. The van der Waals surface area contributed by atoms with Gasteiger partial charge in [-0.3, -0.25) is 4.79 Å². The molecule has 0 fully saturated rings. The zero-order valence-corrected chi connectivity index (χ0v) is 9.81. The maximum absolute atomic E-state index is 13.5. The lowest BCUT2D eigenvalue weighted by atomic mass is 10.1. The Morgan fingerprint density at radius 3 is 2.74 bits per heavy atom. The van der Waals surface area contributed by atoms with E-state index < -0.39 is 17.6 Å². The molecule has 0 bridgehead atoms. The van der Waals surface area contributed by atoms with Crippen molar-refractivity contribution in [3.05, 3.63) is 47.3 Å². The summed E-state index contributed by atoms with van der Waals surface area (Å²) in [6.45, 7) is 0. The third kappa shape index (κ3) is 2.30. The van der Waals surface area contributed by atoms with Gasteiger partial charge in [0.1, 0.15) is 5.69 Å². The molecule has 0 spiro atoms. The lowest BCUT2D eigenvalue weighted by Crippen LogP contribution is -2.10. The highest BCUT2D eigenvalue weighted by Crippen LogP contribution is 2.20. The fraction of sp³-hybridized carbons (Fsp3) is 0.0833. The molecule has 0 saturated heterocycles. The first-order valence-electron chi connectivity index (χ1n) is 5.19. The van der Waals surface area contributed by atoms with Crippen LogP contribution in [0.1, 0.15) is 26.5 Å². The first-order chi connectivity index (χ1) is 9.04. The molecule has 1 aromatic heterocycles. The van der Waals surface area contributed by atoms with Gasteiger partial charge >= 0.3 is 5.97 Å². The molecule has 0 radical (unpaired) electrons. The van der Waals surface area contributed by atoms with Gasteiger partial charge in [-0.05, 0) is 18.2 Å². The van der Waals surface area contributed by atoms with E-state index >= 15 is 0 Å². The number of carbonyl (C=O) groups excluding carboxylic acids is 1. The summed E-state index contributed by atoms with van der Waals surface area (Å²) >= 11 is 0. The molecule has 98 valence electrons. The first-order valence-corrected chi connectivity index (χ1v) is 5.19. The van der Waals surface area contributed by atoms with Crippen LogP contribution in [0, 0.1) is 5.82 Å². The molecular weight excluding hydrogens is 255 g/mol. The number of hydrogen-bond acceptors (Lipinski definition) is 4. The molecule has 0 amide bonds. The number of ether oxygens (including phenoxy) is 1. The Hall–Kier alpha value is -2.70. The number of rotatable bonds is 4. The fourth-order valence-electron chi connectivity index (χ4n) is 1.57. The molecule has 6 nitrogen and oxygen atoms in total. The van der Waals surface area contributed by atoms with E-state index in [0.717, 1.165) is 12.4 Å². The smallest absolute Gasteiger partial charge is 0.354 e. The Kier molecular flexibility index (Phi) is 3.28. The number of benzene rings is 1. The Bertz CT molecular complexity index is 651. The van der Waals surface area contributed by atoms with Crippen molar-refractivity contribution in [1.29, 1.82) is 0 Å². The van der Waals surface area contributed by atoms with E-state index in [1.165, 1.54) is 19.2 Å². The molecule has 1 heterocycles. The molecular formula is C12H9FN2O4. The average Bonchev–Trinajstić information content (AvgIpc) is 2.87. The maximum Gasteiger partial charge on any atom is 0.354 e. The van der Waals surface area contributed by atoms with Crippen LogP contribution in [-0.2, 0) is 0 Å². The molecule has 0 saturated carbocycles. The normalized spacial score (nSPS) is 10.2.